The Labute approximate surface area is 151 Å². The first-order chi connectivity index (χ1) is 12.0. The Hall–Kier alpha value is -1.39. The van der Waals surface area contributed by atoms with E-state index in [-0.39, 0.29) is 11.8 Å². The van der Waals surface area contributed by atoms with Crippen LogP contribution >= 0.6 is 0 Å². The second-order valence-corrected chi connectivity index (χ2v) is 8.30. The first-order valence-corrected chi connectivity index (χ1v) is 9.78. The lowest BCUT2D eigenvalue weighted by Crippen LogP contribution is -2.65. The molecule has 1 aromatic carbocycles. The highest BCUT2D eigenvalue weighted by Crippen LogP contribution is 2.48. The number of likely N-dealkylation sites (tertiary alicyclic amines) is 1. The lowest BCUT2D eigenvalue weighted by atomic mass is 9.78. The van der Waals surface area contributed by atoms with E-state index in [0.717, 1.165) is 25.9 Å². The first kappa shape index (κ1) is 17.0. The molecule has 1 spiro atoms. The molecule has 0 aliphatic carbocycles. The summed E-state index contributed by atoms with van der Waals surface area (Å²) < 4.78 is 6.40. The number of ether oxygens (including phenoxy) is 1. The van der Waals surface area contributed by atoms with Gasteiger partial charge in [0, 0.05) is 37.9 Å². The lowest BCUT2D eigenvalue weighted by molar-refractivity contribution is -0.194. The summed E-state index contributed by atoms with van der Waals surface area (Å²) in [6.45, 7) is 9.42. The normalized spacial score (nSPS) is 34.1. The molecular weight excluding hydrogens is 312 g/mol. The molecule has 0 N–H and O–H groups in total. The van der Waals surface area contributed by atoms with Gasteiger partial charge in [0.15, 0.2) is 0 Å². The summed E-state index contributed by atoms with van der Waals surface area (Å²) in [5.74, 6) is 1.18. The van der Waals surface area contributed by atoms with Gasteiger partial charge in [0.1, 0.15) is 5.72 Å². The van der Waals surface area contributed by atoms with E-state index >= 15 is 0 Å². The Kier molecular flexibility index (Phi) is 4.37. The van der Waals surface area contributed by atoms with Crippen LogP contribution in [0, 0.1) is 11.8 Å². The van der Waals surface area contributed by atoms with E-state index in [2.05, 4.69) is 60.9 Å². The average molecular weight is 342 g/mol. The zero-order valence-electron chi connectivity index (χ0n) is 15.6. The molecule has 1 unspecified atom stereocenters. The highest BCUT2D eigenvalue weighted by atomic mass is 16.5. The van der Waals surface area contributed by atoms with E-state index in [1.54, 1.807) is 0 Å². The molecule has 0 bridgehead atoms. The van der Waals surface area contributed by atoms with Crippen molar-refractivity contribution in [2.75, 3.05) is 19.7 Å². The molecule has 3 saturated heterocycles. The third-order valence-electron chi connectivity index (χ3n) is 6.67. The van der Waals surface area contributed by atoms with Crippen LogP contribution in [0.2, 0.25) is 0 Å². The number of rotatable bonds is 3. The van der Waals surface area contributed by atoms with Gasteiger partial charge in [-0.1, -0.05) is 44.2 Å². The number of amides is 1. The van der Waals surface area contributed by atoms with Gasteiger partial charge in [-0.3, -0.25) is 9.69 Å². The van der Waals surface area contributed by atoms with Gasteiger partial charge in [0.2, 0.25) is 5.91 Å². The number of benzene rings is 1. The summed E-state index contributed by atoms with van der Waals surface area (Å²) in [7, 11) is 0. The van der Waals surface area contributed by atoms with Crippen molar-refractivity contribution in [1.29, 1.82) is 0 Å². The van der Waals surface area contributed by atoms with E-state index in [1.165, 1.54) is 5.56 Å². The number of piperidine rings is 2. The Morgan fingerprint density at radius 3 is 2.68 bits per heavy atom. The summed E-state index contributed by atoms with van der Waals surface area (Å²) >= 11 is 0. The van der Waals surface area contributed by atoms with Crippen molar-refractivity contribution in [3.05, 3.63) is 35.9 Å². The molecule has 3 heterocycles. The fourth-order valence-electron chi connectivity index (χ4n) is 5.10. The van der Waals surface area contributed by atoms with Crippen LogP contribution in [0.4, 0.5) is 0 Å². The van der Waals surface area contributed by atoms with Crippen LogP contribution in [0.15, 0.2) is 30.3 Å². The molecule has 1 amide bonds. The summed E-state index contributed by atoms with van der Waals surface area (Å²) in [5.41, 5.74) is 1.03. The maximum Gasteiger partial charge on any atom is 0.225 e. The molecule has 4 rings (SSSR count). The quantitative estimate of drug-likeness (QED) is 0.843. The van der Waals surface area contributed by atoms with Crippen LogP contribution < -0.4 is 0 Å². The molecule has 3 aliphatic rings. The largest absolute Gasteiger partial charge is 0.353 e. The molecule has 0 radical (unpaired) electrons. The van der Waals surface area contributed by atoms with Crippen molar-refractivity contribution in [2.45, 2.75) is 57.8 Å². The number of nitrogens with zero attached hydrogens (tertiary/aromatic N) is 2. The Morgan fingerprint density at radius 1 is 1.20 bits per heavy atom. The minimum absolute atomic E-state index is 0.244. The molecule has 25 heavy (non-hydrogen) atoms. The van der Waals surface area contributed by atoms with Crippen molar-refractivity contribution in [3.63, 3.8) is 0 Å². The number of carbonyl (C=O) groups excluding carboxylic acids is 1. The maximum atomic E-state index is 12.7. The molecule has 4 heteroatoms. The fourth-order valence-corrected chi connectivity index (χ4v) is 5.10. The van der Waals surface area contributed by atoms with Crippen LogP contribution in [-0.4, -0.2) is 47.2 Å². The molecule has 0 aromatic heterocycles. The van der Waals surface area contributed by atoms with E-state index in [0.29, 0.717) is 36.8 Å². The fraction of sp³-hybridized carbons (Fsp3) is 0.667. The highest BCUT2D eigenvalue weighted by molar-refractivity contribution is 5.78. The molecular formula is C21H30N2O2. The number of hydrogen-bond acceptors (Lipinski definition) is 3. The van der Waals surface area contributed by atoms with Crippen molar-refractivity contribution in [3.8, 4) is 0 Å². The van der Waals surface area contributed by atoms with Gasteiger partial charge < -0.3 is 9.64 Å². The minimum Gasteiger partial charge on any atom is -0.353 e. The predicted octanol–water partition coefficient (Wildman–Crippen LogP) is 3.44. The Balaban J connectivity index is 1.56. The van der Waals surface area contributed by atoms with Gasteiger partial charge >= 0.3 is 0 Å². The monoisotopic (exact) mass is 342 g/mol. The standard InChI is InChI=1S/C21H30N2O2/c1-15(2)19-14-25-21-11-12-22(16(3)17-7-5-4-6-8-17)13-18(21)9-10-20(24)23(19)21/h4-8,15-16,18-19H,9-14H2,1-3H3/t16?,18-,19-,21-/m1/s1. The van der Waals surface area contributed by atoms with Gasteiger partial charge in [0.25, 0.3) is 0 Å². The number of hydrogen-bond donors (Lipinski definition) is 0. The van der Waals surface area contributed by atoms with Crippen molar-refractivity contribution in [2.24, 2.45) is 11.8 Å². The van der Waals surface area contributed by atoms with Gasteiger partial charge in [-0.05, 0) is 24.8 Å². The zero-order chi connectivity index (χ0) is 17.6. The third-order valence-corrected chi connectivity index (χ3v) is 6.67. The van der Waals surface area contributed by atoms with Crippen LogP contribution in [0.5, 0.6) is 0 Å². The highest BCUT2D eigenvalue weighted by Gasteiger charge is 2.59. The average Bonchev–Trinajstić information content (AvgIpc) is 3.02. The lowest BCUT2D eigenvalue weighted by Gasteiger charge is -2.54. The van der Waals surface area contributed by atoms with Crippen LogP contribution in [0.1, 0.15) is 51.6 Å². The molecule has 4 atom stereocenters. The molecule has 1 aromatic rings. The van der Waals surface area contributed by atoms with Gasteiger partial charge in [-0.15, -0.1) is 0 Å². The third kappa shape index (κ3) is 2.70. The van der Waals surface area contributed by atoms with Crippen molar-refractivity contribution >= 4 is 5.91 Å². The molecule has 136 valence electrons. The van der Waals surface area contributed by atoms with E-state index in [9.17, 15) is 4.79 Å². The zero-order valence-corrected chi connectivity index (χ0v) is 15.6. The van der Waals surface area contributed by atoms with Crippen LogP contribution in [-0.2, 0) is 9.53 Å². The molecule has 3 aliphatic heterocycles. The summed E-state index contributed by atoms with van der Waals surface area (Å²) in [4.78, 5) is 17.4. The van der Waals surface area contributed by atoms with Gasteiger partial charge in [0.05, 0.1) is 12.6 Å². The first-order valence-electron chi connectivity index (χ1n) is 9.78. The Bertz CT molecular complexity index is 632. The number of carbonyl (C=O) groups is 1. The topological polar surface area (TPSA) is 32.8 Å². The second-order valence-electron chi connectivity index (χ2n) is 8.30. The van der Waals surface area contributed by atoms with Crippen molar-refractivity contribution in [1.82, 2.24) is 9.80 Å². The van der Waals surface area contributed by atoms with E-state index < -0.39 is 0 Å². The maximum absolute atomic E-state index is 12.7. The molecule has 3 fully saturated rings. The second kappa shape index (κ2) is 6.40. The van der Waals surface area contributed by atoms with Gasteiger partial charge in [-0.25, -0.2) is 0 Å². The summed E-state index contributed by atoms with van der Waals surface area (Å²) in [6.07, 6.45) is 2.56. The van der Waals surface area contributed by atoms with E-state index in [1.807, 2.05) is 0 Å². The van der Waals surface area contributed by atoms with Crippen LogP contribution in [0.3, 0.4) is 0 Å². The van der Waals surface area contributed by atoms with Gasteiger partial charge in [-0.2, -0.15) is 0 Å². The van der Waals surface area contributed by atoms with Crippen molar-refractivity contribution < 1.29 is 9.53 Å². The van der Waals surface area contributed by atoms with Crippen LogP contribution in [0.25, 0.3) is 0 Å². The van der Waals surface area contributed by atoms with E-state index in [4.69, 9.17) is 4.74 Å². The molecule has 0 saturated carbocycles. The summed E-state index contributed by atoms with van der Waals surface area (Å²) in [5, 5.41) is 0. The predicted molar refractivity (Wildman–Crippen MR) is 97.9 cm³/mol. The summed E-state index contributed by atoms with van der Waals surface area (Å²) in [6, 6.07) is 11.4. The SMILES string of the molecule is CC(C)[C@H]1CO[C@]23CCN(C(C)c4ccccc4)C[C@H]2CCC(=O)N13. The minimum atomic E-state index is -0.336. The molecule has 4 nitrogen and oxygen atoms in total. The smallest absolute Gasteiger partial charge is 0.225 e. The Morgan fingerprint density at radius 2 is 1.96 bits per heavy atom.